The van der Waals surface area contributed by atoms with Gasteiger partial charge in [0.15, 0.2) is 0 Å². The maximum atomic E-state index is 5.47. The van der Waals surface area contributed by atoms with Gasteiger partial charge in [0.1, 0.15) is 12.5 Å². The van der Waals surface area contributed by atoms with E-state index in [1.54, 1.807) is 0 Å². The highest BCUT2D eigenvalue weighted by Gasteiger charge is 2.11. The van der Waals surface area contributed by atoms with Crippen LogP contribution in [0.2, 0.25) is 0 Å². The largest absolute Gasteiger partial charge is 0.288 e. The molecule has 2 rings (SSSR count). The van der Waals surface area contributed by atoms with Crippen LogP contribution in [0.1, 0.15) is 5.56 Å². The first kappa shape index (κ1) is 7.27. The van der Waals surface area contributed by atoms with Crippen molar-refractivity contribution in [2.75, 3.05) is 6.67 Å². The lowest BCUT2D eigenvalue weighted by molar-refractivity contribution is 0.276. The molecule has 0 atom stereocenters. The lowest BCUT2D eigenvalue weighted by Gasteiger charge is -2.07. The Labute approximate surface area is 70.6 Å². The second-order valence-corrected chi connectivity index (χ2v) is 2.60. The van der Waals surface area contributed by atoms with Gasteiger partial charge in [-0.1, -0.05) is 30.3 Å². The predicted molar refractivity (Wildman–Crippen MR) is 47.0 cm³/mol. The molecule has 1 aromatic carbocycles. The summed E-state index contributed by atoms with van der Waals surface area (Å²) in [4.78, 5) is 4.19. The molecule has 0 saturated heterocycles. The van der Waals surface area contributed by atoms with Gasteiger partial charge in [0.25, 0.3) is 0 Å². The molecule has 0 aromatic heterocycles. The summed E-state index contributed by atoms with van der Waals surface area (Å²) in [6.07, 6.45) is 0. The first-order valence-electron chi connectivity index (χ1n) is 3.75. The molecule has 0 fully saturated rings. The number of amidine groups is 1. The molecule has 0 amide bonds. The van der Waals surface area contributed by atoms with Crippen molar-refractivity contribution in [1.29, 1.82) is 0 Å². The van der Waals surface area contributed by atoms with Gasteiger partial charge in [-0.25, -0.2) is 10.8 Å². The fourth-order valence-corrected chi connectivity index (χ4v) is 1.11. The molecule has 12 heavy (non-hydrogen) atoms. The summed E-state index contributed by atoms with van der Waals surface area (Å²) in [5.74, 6) is 6.30. The van der Waals surface area contributed by atoms with Crippen LogP contribution in [0.3, 0.4) is 0 Å². The highest BCUT2D eigenvalue weighted by molar-refractivity contribution is 5.99. The number of nitrogens with zero attached hydrogens (tertiary/aromatic N) is 2. The molecule has 0 saturated carbocycles. The average molecular weight is 162 g/mol. The minimum absolute atomic E-state index is 0.504. The molecule has 62 valence electrons. The zero-order valence-electron chi connectivity index (χ0n) is 6.57. The summed E-state index contributed by atoms with van der Waals surface area (Å²) < 4.78 is 0. The molecule has 3 N–H and O–H groups in total. The topological polar surface area (TPSA) is 53.6 Å². The third-order valence-electron chi connectivity index (χ3n) is 1.68. The second-order valence-electron chi connectivity index (χ2n) is 2.60. The second kappa shape index (κ2) is 2.92. The number of hydrogen-bond acceptors (Lipinski definition) is 4. The van der Waals surface area contributed by atoms with Gasteiger partial charge >= 0.3 is 0 Å². The minimum Gasteiger partial charge on any atom is -0.288 e. The Morgan fingerprint density at radius 3 is 2.67 bits per heavy atom. The fraction of sp³-hybridized carbons (Fsp3) is 0.125. The molecule has 4 nitrogen and oxygen atoms in total. The molecule has 0 radical (unpaired) electrons. The quantitative estimate of drug-likeness (QED) is 0.575. The Balaban J connectivity index is 2.22. The molecule has 1 heterocycles. The summed E-state index contributed by atoms with van der Waals surface area (Å²) in [7, 11) is 0. The van der Waals surface area contributed by atoms with Gasteiger partial charge < -0.3 is 0 Å². The molecule has 0 bridgehead atoms. The van der Waals surface area contributed by atoms with Crippen molar-refractivity contribution in [2.24, 2.45) is 10.8 Å². The zero-order chi connectivity index (χ0) is 8.39. The smallest absolute Gasteiger partial charge is 0.145 e. The van der Waals surface area contributed by atoms with Crippen LogP contribution in [0.5, 0.6) is 0 Å². The first-order valence-corrected chi connectivity index (χ1v) is 3.75. The standard InChI is InChI=1S/C8H10N4/c9-12-6-10-8(11-12)7-4-2-1-3-5-7/h1-5H,6,9H2,(H,10,11). The Morgan fingerprint density at radius 1 is 1.33 bits per heavy atom. The molecule has 1 aliphatic rings. The lowest BCUT2D eigenvalue weighted by atomic mass is 10.2. The fourth-order valence-electron chi connectivity index (χ4n) is 1.11. The van der Waals surface area contributed by atoms with Gasteiger partial charge in [-0.05, 0) is 0 Å². The Hall–Kier alpha value is -1.39. The van der Waals surface area contributed by atoms with E-state index >= 15 is 0 Å². The van der Waals surface area contributed by atoms with Gasteiger partial charge in [-0.15, -0.1) is 5.12 Å². The summed E-state index contributed by atoms with van der Waals surface area (Å²) in [6.45, 7) is 0.504. The van der Waals surface area contributed by atoms with E-state index in [0.29, 0.717) is 6.67 Å². The van der Waals surface area contributed by atoms with Gasteiger partial charge in [-0.3, -0.25) is 5.43 Å². The lowest BCUT2D eigenvalue weighted by Crippen LogP contribution is -2.41. The minimum atomic E-state index is 0.504. The Kier molecular flexibility index (Phi) is 1.77. The normalized spacial score (nSPS) is 17.2. The molecular formula is C8H10N4. The molecule has 1 aromatic rings. The van der Waals surface area contributed by atoms with Gasteiger partial charge in [0, 0.05) is 5.56 Å². The van der Waals surface area contributed by atoms with Crippen molar-refractivity contribution < 1.29 is 0 Å². The molecule has 1 aliphatic heterocycles. The highest BCUT2D eigenvalue weighted by atomic mass is 15.7. The van der Waals surface area contributed by atoms with Crippen molar-refractivity contribution in [3.8, 4) is 0 Å². The number of rotatable bonds is 1. The summed E-state index contributed by atoms with van der Waals surface area (Å²) in [5.41, 5.74) is 3.99. The molecular weight excluding hydrogens is 152 g/mol. The van der Waals surface area contributed by atoms with Crippen molar-refractivity contribution >= 4 is 5.84 Å². The number of nitrogens with two attached hydrogens (primary N) is 1. The predicted octanol–water partition coefficient (Wildman–Crippen LogP) is 0.0846. The van der Waals surface area contributed by atoms with Crippen LogP contribution >= 0.6 is 0 Å². The van der Waals surface area contributed by atoms with Crippen LogP contribution in [0, 0.1) is 0 Å². The van der Waals surface area contributed by atoms with Gasteiger partial charge in [0.2, 0.25) is 0 Å². The monoisotopic (exact) mass is 162 g/mol. The third kappa shape index (κ3) is 1.30. The van der Waals surface area contributed by atoms with Crippen molar-refractivity contribution in [1.82, 2.24) is 10.5 Å². The van der Waals surface area contributed by atoms with E-state index in [1.165, 1.54) is 5.12 Å². The van der Waals surface area contributed by atoms with E-state index in [-0.39, 0.29) is 0 Å². The SMILES string of the molecule is NN1CN=C(c2ccccc2)N1. The van der Waals surface area contributed by atoms with Crippen LogP contribution in [0.25, 0.3) is 0 Å². The number of benzene rings is 1. The van der Waals surface area contributed by atoms with Crippen molar-refractivity contribution in [3.05, 3.63) is 35.9 Å². The highest BCUT2D eigenvalue weighted by Crippen LogP contribution is 2.02. The number of aliphatic imine (C=N–C) groups is 1. The van der Waals surface area contributed by atoms with Crippen LogP contribution in [-0.4, -0.2) is 17.6 Å². The van der Waals surface area contributed by atoms with Crippen LogP contribution in [0.15, 0.2) is 35.3 Å². The van der Waals surface area contributed by atoms with Crippen molar-refractivity contribution in [3.63, 3.8) is 0 Å². The Morgan fingerprint density at radius 2 is 2.08 bits per heavy atom. The molecule has 0 aliphatic carbocycles. The number of hydrogen-bond donors (Lipinski definition) is 2. The van der Waals surface area contributed by atoms with Gasteiger partial charge in [0.05, 0.1) is 0 Å². The van der Waals surface area contributed by atoms with Crippen LogP contribution in [-0.2, 0) is 0 Å². The maximum absolute atomic E-state index is 5.47. The summed E-state index contributed by atoms with van der Waals surface area (Å²) in [5, 5.41) is 1.45. The molecule has 4 heteroatoms. The summed E-state index contributed by atoms with van der Waals surface area (Å²) in [6, 6.07) is 9.90. The van der Waals surface area contributed by atoms with E-state index in [9.17, 15) is 0 Å². The van der Waals surface area contributed by atoms with Gasteiger partial charge in [-0.2, -0.15) is 0 Å². The number of hydrazine groups is 2. The molecule has 0 unspecified atom stereocenters. The zero-order valence-corrected chi connectivity index (χ0v) is 6.57. The Bertz CT molecular complexity index is 293. The maximum Gasteiger partial charge on any atom is 0.145 e. The van der Waals surface area contributed by atoms with E-state index in [0.717, 1.165) is 11.4 Å². The van der Waals surface area contributed by atoms with E-state index in [1.807, 2.05) is 30.3 Å². The van der Waals surface area contributed by atoms with E-state index in [2.05, 4.69) is 10.4 Å². The van der Waals surface area contributed by atoms with Crippen molar-refractivity contribution in [2.45, 2.75) is 0 Å². The van der Waals surface area contributed by atoms with Crippen LogP contribution in [0.4, 0.5) is 0 Å². The van der Waals surface area contributed by atoms with E-state index < -0.39 is 0 Å². The third-order valence-corrected chi connectivity index (χ3v) is 1.68. The number of nitrogens with one attached hydrogen (secondary N) is 1. The summed E-state index contributed by atoms with van der Waals surface area (Å²) >= 11 is 0. The first-order chi connectivity index (χ1) is 5.86. The molecule has 0 spiro atoms. The van der Waals surface area contributed by atoms with E-state index in [4.69, 9.17) is 5.84 Å². The average Bonchev–Trinajstić information content (AvgIpc) is 2.54. The van der Waals surface area contributed by atoms with Crippen LogP contribution < -0.4 is 11.3 Å².